The van der Waals surface area contributed by atoms with E-state index in [1.165, 1.54) is 12.5 Å². The van der Waals surface area contributed by atoms with Crippen molar-refractivity contribution in [1.29, 1.82) is 0 Å². The Hall–Kier alpha value is -1.95. The average Bonchev–Trinajstić information content (AvgIpc) is 2.40. The minimum Gasteiger partial charge on any atom is -0.324 e. The van der Waals surface area contributed by atoms with Crippen molar-refractivity contribution in [2.75, 3.05) is 25.0 Å². The Bertz CT molecular complexity index is 545. The Labute approximate surface area is 124 Å². The Balaban J connectivity index is 1.99. The second-order valence-electron chi connectivity index (χ2n) is 5.74. The van der Waals surface area contributed by atoms with Gasteiger partial charge >= 0.3 is 0 Å². The van der Waals surface area contributed by atoms with Crippen LogP contribution in [0.3, 0.4) is 0 Å². The highest BCUT2D eigenvalue weighted by Crippen LogP contribution is 2.25. The predicted molar refractivity (Wildman–Crippen MR) is 81.3 cm³/mol. The topological polar surface area (TPSA) is 75.5 Å². The van der Waals surface area contributed by atoms with Gasteiger partial charge in [-0.3, -0.25) is 19.8 Å². The van der Waals surface area contributed by atoms with Crippen LogP contribution in [0.15, 0.2) is 18.2 Å². The summed E-state index contributed by atoms with van der Waals surface area (Å²) in [5.74, 6) is 0.499. The van der Waals surface area contributed by atoms with Gasteiger partial charge in [-0.1, -0.05) is 13.0 Å². The number of carbonyl (C=O) groups is 1. The van der Waals surface area contributed by atoms with Gasteiger partial charge in [-0.25, -0.2) is 0 Å². The highest BCUT2D eigenvalue weighted by atomic mass is 16.6. The van der Waals surface area contributed by atoms with Crippen molar-refractivity contribution in [2.24, 2.45) is 5.92 Å². The van der Waals surface area contributed by atoms with Gasteiger partial charge in [-0.15, -0.1) is 0 Å². The minimum atomic E-state index is -0.433. The van der Waals surface area contributed by atoms with Crippen molar-refractivity contribution in [2.45, 2.75) is 26.7 Å². The van der Waals surface area contributed by atoms with Crippen LogP contribution in [0.4, 0.5) is 11.4 Å². The number of hydrogen-bond donors (Lipinski definition) is 1. The second kappa shape index (κ2) is 6.67. The maximum Gasteiger partial charge on any atom is 0.274 e. The number of nitrogens with zero attached hydrogens (tertiary/aromatic N) is 2. The molecule has 114 valence electrons. The smallest absolute Gasteiger partial charge is 0.274 e. The van der Waals surface area contributed by atoms with Gasteiger partial charge < -0.3 is 5.32 Å². The number of likely N-dealkylation sites (tertiary alicyclic amines) is 1. The van der Waals surface area contributed by atoms with Gasteiger partial charge in [0.05, 0.1) is 22.7 Å². The maximum absolute atomic E-state index is 12.1. The summed E-state index contributed by atoms with van der Waals surface area (Å²) in [4.78, 5) is 24.7. The molecule has 0 saturated carbocycles. The van der Waals surface area contributed by atoms with Crippen molar-refractivity contribution in [3.63, 3.8) is 0 Å². The van der Waals surface area contributed by atoms with E-state index in [0.29, 0.717) is 23.7 Å². The first kappa shape index (κ1) is 15.4. The third-order valence-corrected chi connectivity index (χ3v) is 3.88. The van der Waals surface area contributed by atoms with Crippen molar-refractivity contribution in [3.05, 3.63) is 33.9 Å². The molecule has 1 unspecified atom stereocenters. The van der Waals surface area contributed by atoms with E-state index in [-0.39, 0.29) is 11.6 Å². The third kappa shape index (κ3) is 4.01. The summed E-state index contributed by atoms with van der Waals surface area (Å²) in [5.41, 5.74) is 1.03. The molecule has 0 spiro atoms. The number of amides is 1. The van der Waals surface area contributed by atoms with E-state index in [9.17, 15) is 14.9 Å². The predicted octanol–water partition coefficient (Wildman–Crippen LogP) is 2.57. The van der Waals surface area contributed by atoms with Gasteiger partial charge in [0, 0.05) is 12.6 Å². The molecule has 1 atom stereocenters. The molecule has 1 aliphatic heterocycles. The normalized spacial score (nSPS) is 19.2. The number of piperidine rings is 1. The molecule has 0 radical (unpaired) electrons. The third-order valence-electron chi connectivity index (χ3n) is 3.88. The van der Waals surface area contributed by atoms with E-state index in [2.05, 4.69) is 17.1 Å². The van der Waals surface area contributed by atoms with Crippen LogP contribution in [0.1, 0.15) is 25.3 Å². The fraction of sp³-hybridized carbons (Fsp3) is 0.533. The zero-order valence-corrected chi connectivity index (χ0v) is 12.5. The standard InChI is InChI=1S/C15H21N3O3/c1-11-5-4-8-17(9-11)10-15(19)16-13-6-3-7-14(12(13)2)18(20)21/h3,6-7,11H,4-5,8-10H2,1-2H3,(H,16,19). The van der Waals surface area contributed by atoms with Gasteiger partial charge in [0.25, 0.3) is 5.69 Å². The largest absolute Gasteiger partial charge is 0.324 e. The number of rotatable bonds is 4. The molecule has 1 saturated heterocycles. The number of nitro benzene ring substituents is 1. The summed E-state index contributed by atoms with van der Waals surface area (Å²) in [6, 6.07) is 4.72. The Morgan fingerprint density at radius 3 is 2.95 bits per heavy atom. The number of nitro groups is 1. The molecule has 1 amide bonds. The fourth-order valence-electron chi connectivity index (χ4n) is 2.78. The molecule has 6 heteroatoms. The van der Waals surface area contributed by atoms with Crippen LogP contribution in [-0.2, 0) is 4.79 Å². The SMILES string of the molecule is Cc1c(NC(=O)CN2CCCC(C)C2)cccc1[N+](=O)[O-]. The lowest BCUT2D eigenvalue weighted by atomic mass is 10.0. The summed E-state index contributed by atoms with van der Waals surface area (Å²) in [5, 5.41) is 13.7. The molecule has 21 heavy (non-hydrogen) atoms. The lowest BCUT2D eigenvalue weighted by Crippen LogP contribution is -2.39. The molecule has 1 aromatic carbocycles. The monoisotopic (exact) mass is 291 g/mol. The van der Waals surface area contributed by atoms with E-state index in [4.69, 9.17) is 0 Å². The molecule has 1 N–H and O–H groups in total. The fourth-order valence-corrected chi connectivity index (χ4v) is 2.78. The van der Waals surface area contributed by atoms with Crippen LogP contribution in [0.5, 0.6) is 0 Å². The molecule has 2 rings (SSSR count). The minimum absolute atomic E-state index is 0.0272. The Kier molecular flexibility index (Phi) is 4.90. The van der Waals surface area contributed by atoms with Crippen LogP contribution in [0, 0.1) is 23.0 Å². The van der Waals surface area contributed by atoms with Crippen LogP contribution >= 0.6 is 0 Å². The van der Waals surface area contributed by atoms with E-state index in [0.717, 1.165) is 19.5 Å². The number of anilines is 1. The van der Waals surface area contributed by atoms with Crippen LogP contribution < -0.4 is 5.32 Å². The lowest BCUT2D eigenvalue weighted by Gasteiger charge is -2.30. The second-order valence-corrected chi connectivity index (χ2v) is 5.74. The summed E-state index contributed by atoms with van der Waals surface area (Å²) in [7, 11) is 0. The zero-order valence-electron chi connectivity index (χ0n) is 12.5. The van der Waals surface area contributed by atoms with E-state index < -0.39 is 4.92 Å². The van der Waals surface area contributed by atoms with Crippen molar-refractivity contribution >= 4 is 17.3 Å². The first-order valence-corrected chi connectivity index (χ1v) is 7.23. The summed E-state index contributed by atoms with van der Waals surface area (Å²) >= 11 is 0. The summed E-state index contributed by atoms with van der Waals surface area (Å²) in [6.45, 7) is 6.05. The van der Waals surface area contributed by atoms with E-state index in [1.807, 2.05) is 0 Å². The molecular formula is C15H21N3O3. The van der Waals surface area contributed by atoms with E-state index >= 15 is 0 Å². The first-order valence-electron chi connectivity index (χ1n) is 7.23. The molecule has 1 heterocycles. The Morgan fingerprint density at radius 2 is 2.29 bits per heavy atom. The summed E-state index contributed by atoms with van der Waals surface area (Å²) < 4.78 is 0. The highest BCUT2D eigenvalue weighted by molar-refractivity contribution is 5.93. The number of benzene rings is 1. The maximum atomic E-state index is 12.1. The molecule has 0 bridgehead atoms. The molecule has 0 aromatic heterocycles. The van der Waals surface area contributed by atoms with E-state index in [1.54, 1.807) is 19.1 Å². The molecule has 6 nitrogen and oxygen atoms in total. The molecule has 1 aliphatic rings. The van der Waals surface area contributed by atoms with Crippen molar-refractivity contribution in [1.82, 2.24) is 4.90 Å². The molecule has 0 aliphatic carbocycles. The van der Waals surface area contributed by atoms with Gasteiger partial charge in [0.2, 0.25) is 5.91 Å². The van der Waals surface area contributed by atoms with Crippen LogP contribution in [-0.4, -0.2) is 35.4 Å². The average molecular weight is 291 g/mol. The van der Waals surface area contributed by atoms with Gasteiger partial charge in [-0.05, 0) is 38.3 Å². The Morgan fingerprint density at radius 1 is 1.52 bits per heavy atom. The number of hydrogen-bond acceptors (Lipinski definition) is 4. The number of nitrogens with one attached hydrogen (secondary N) is 1. The molecular weight excluding hydrogens is 270 g/mol. The van der Waals surface area contributed by atoms with Crippen LogP contribution in [0.2, 0.25) is 0 Å². The zero-order chi connectivity index (χ0) is 15.4. The van der Waals surface area contributed by atoms with Gasteiger partial charge in [0.1, 0.15) is 0 Å². The molecule has 1 aromatic rings. The van der Waals surface area contributed by atoms with Crippen molar-refractivity contribution < 1.29 is 9.72 Å². The first-order chi connectivity index (χ1) is 9.97. The van der Waals surface area contributed by atoms with Gasteiger partial charge in [0.15, 0.2) is 0 Å². The van der Waals surface area contributed by atoms with Crippen LogP contribution in [0.25, 0.3) is 0 Å². The number of carbonyl (C=O) groups excluding carboxylic acids is 1. The lowest BCUT2D eigenvalue weighted by molar-refractivity contribution is -0.385. The van der Waals surface area contributed by atoms with Crippen molar-refractivity contribution in [3.8, 4) is 0 Å². The molecule has 1 fully saturated rings. The van der Waals surface area contributed by atoms with Gasteiger partial charge in [-0.2, -0.15) is 0 Å². The summed E-state index contributed by atoms with van der Waals surface area (Å²) in [6.07, 6.45) is 2.33. The highest BCUT2D eigenvalue weighted by Gasteiger charge is 2.20. The quantitative estimate of drug-likeness (QED) is 0.683.